The summed E-state index contributed by atoms with van der Waals surface area (Å²) >= 11 is 0. The summed E-state index contributed by atoms with van der Waals surface area (Å²) in [5.74, 6) is -1.16. The minimum atomic E-state index is -0.579. The average molecular weight is 623 g/mol. The number of hydrogen-bond donors (Lipinski definition) is 0. The zero-order valence-corrected chi connectivity index (χ0v) is 26.4. The lowest BCUT2D eigenvalue weighted by atomic mass is 10.4. The van der Waals surface area contributed by atoms with Gasteiger partial charge in [-0.1, -0.05) is 182 Å². The molecule has 0 saturated carbocycles. The summed E-state index contributed by atoms with van der Waals surface area (Å²) in [6.45, 7) is 0. The SMILES string of the molecule is O=C1C=CC(=O)O1.c1ccc(P(c2ccccc2)c2ccccc2)cc1.c1ccc(P(c2ccccc2)c2ccccc2)cc1. The van der Waals surface area contributed by atoms with Crippen LogP contribution in [0, 0.1) is 0 Å². The molecule has 0 saturated heterocycles. The van der Waals surface area contributed by atoms with Gasteiger partial charge in [-0.15, -0.1) is 0 Å². The smallest absolute Gasteiger partial charge is 0.338 e. The van der Waals surface area contributed by atoms with E-state index in [2.05, 4.69) is 187 Å². The van der Waals surface area contributed by atoms with Crippen LogP contribution in [0.5, 0.6) is 0 Å². The van der Waals surface area contributed by atoms with E-state index in [0.29, 0.717) is 0 Å². The van der Waals surface area contributed by atoms with Gasteiger partial charge >= 0.3 is 11.9 Å². The molecular weight excluding hydrogens is 590 g/mol. The molecule has 0 fully saturated rings. The predicted octanol–water partition coefficient (Wildman–Crippen LogP) is 6.52. The Bertz CT molecular complexity index is 1460. The minimum absolute atomic E-state index is 0.446. The second-order valence-corrected chi connectivity index (χ2v) is 14.2. The molecule has 1 heterocycles. The molecule has 220 valence electrons. The van der Waals surface area contributed by atoms with E-state index in [1.54, 1.807) is 0 Å². The molecule has 0 atom stereocenters. The van der Waals surface area contributed by atoms with Gasteiger partial charge in [0.1, 0.15) is 0 Å². The van der Waals surface area contributed by atoms with Gasteiger partial charge in [-0.05, 0) is 47.7 Å². The first kappa shape index (κ1) is 31.5. The maximum absolute atomic E-state index is 9.92. The lowest BCUT2D eigenvalue weighted by Gasteiger charge is -2.18. The normalized spacial score (nSPS) is 11.7. The van der Waals surface area contributed by atoms with E-state index in [4.69, 9.17) is 0 Å². The third-order valence-electron chi connectivity index (χ3n) is 6.64. The number of carbonyl (C=O) groups excluding carboxylic acids is 2. The second kappa shape index (κ2) is 16.8. The zero-order chi connectivity index (χ0) is 31.1. The summed E-state index contributed by atoms with van der Waals surface area (Å²) in [6, 6.07) is 64.7. The molecule has 7 rings (SSSR count). The number of ether oxygens (including phenoxy) is 1. The van der Waals surface area contributed by atoms with Crippen molar-refractivity contribution in [3.63, 3.8) is 0 Å². The topological polar surface area (TPSA) is 43.4 Å². The molecule has 3 nitrogen and oxygen atoms in total. The van der Waals surface area contributed by atoms with Gasteiger partial charge in [-0.25, -0.2) is 9.59 Å². The lowest BCUT2D eigenvalue weighted by molar-refractivity contribution is -0.150. The van der Waals surface area contributed by atoms with Crippen LogP contribution < -0.4 is 31.8 Å². The molecule has 6 aromatic carbocycles. The monoisotopic (exact) mass is 622 g/mol. The first-order valence-electron chi connectivity index (χ1n) is 14.5. The van der Waals surface area contributed by atoms with Gasteiger partial charge in [0.25, 0.3) is 0 Å². The number of esters is 2. The van der Waals surface area contributed by atoms with Crippen molar-refractivity contribution >= 4 is 59.6 Å². The summed E-state index contributed by atoms with van der Waals surface area (Å²) in [6.07, 6.45) is 2.17. The Morgan fingerprint density at radius 3 is 0.600 bits per heavy atom. The highest BCUT2D eigenvalue weighted by atomic mass is 31.1. The van der Waals surface area contributed by atoms with Gasteiger partial charge in [0, 0.05) is 12.2 Å². The minimum Gasteiger partial charge on any atom is -0.387 e. The van der Waals surface area contributed by atoms with Gasteiger partial charge < -0.3 is 4.74 Å². The van der Waals surface area contributed by atoms with Crippen LogP contribution in [0.3, 0.4) is 0 Å². The Morgan fingerprint density at radius 1 is 0.289 bits per heavy atom. The molecule has 0 aromatic heterocycles. The van der Waals surface area contributed by atoms with Gasteiger partial charge in [0.15, 0.2) is 0 Å². The van der Waals surface area contributed by atoms with Crippen LogP contribution in [0.25, 0.3) is 0 Å². The molecule has 0 unspecified atom stereocenters. The van der Waals surface area contributed by atoms with Gasteiger partial charge in [-0.3, -0.25) is 0 Å². The Balaban J connectivity index is 0.000000147. The van der Waals surface area contributed by atoms with Crippen LogP contribution in [0.4, 0.5) is 0 Å². The molecule has 0 spiro atoms. The van der Waals surface area contributed by atoms with E-state index in [1.807, 2.05) is 0 Å². The number of rotatable bonds is 6. The Hall–Kier alpha value is -4.94. The van der Waals surface area contributed by atoms with Crippen LogP contribution in [0.1, 0.15) is 0 Å². The average Bonchev–Trinajstić information content (AvgIpc) is 3.50. The van der Waals surface area contributed by atoms with Crippen LogP contribution in [0.15, 0.2) is 194 Å². The molecule has 1 aliphatic heterocycles. The number of cyclic esters (lactones) is 2. The van der Waals surface area contributed by atoms with E-state index < -0.39 is 27.8 Å². The third-order valence-corrected chi connectivity index (χ3v) is 11.5. The predicted molar refractivity (Wildman–Crippen MR) is 191 cm³/mol. The summed E-state index contributed by atoms with van der Waals surface area (Å²) < 4.78 is 3.97. The quantitative estimate of drug-likeness (QED) is 0.121. The molecule has 0 aliphatic carbocycles. The van der Waals surface area contributed by atoms with Crippen LogP contribution in [-0.2, 0) is 14.3 Å². The van der Waals surface area contributed by atoms with Gasteiger partial charge in [-0.2, -0.15) is 0 Å². The van der Waals surface area contributed by atoms with Crippen molar-refractivity contribution in [3.05, 3.63) is 194 Å². The highest BCUT2D eigenvalue weighted by Crippen LogP contribution is 2.33. The highest BCUT2D eigenvalue weighted by molar-refractivity contribution is 7.80. The molecule has 5 heteroatoms. The fraction of sp³-hybridized carbons (Fsp3) is 0. The van der Waals surface area contributed by atoms with Crippen molar-refractivity contribution in [1.29, 1.82) is 0 Å². The second-order valence-electron chi connectivity index (χ2n) is 9.76. The van der Waals surface area contributed by atoms with Crippen molar-refractivity contribution < 1.29 is 14.3 Å². The maximum Gasteiger partial charge on any atom is 0.338 e. The molecule has 45 heavy (non-hydrogen) atoms. The molecular formula is C40H32O3P2. The van der Waals surface area contributed by atoms with Crippen LogP contribution in [0.2, 0.25) is 0 Å². The van der Waals surface area contributed by atoms with Crippen molar-refractivity contribution in [2.24, 2.45) is 0 Å². The third kappa shape index (κ3) is 9.27. The van der Waals surface area contributed by atoms with E-state index in [1.165, 1.54) is 31.8 Å². The summed E-state index contributed by atoms with van der Waals surface area (Å²) in [4.78, 5) is 19.8. The Labute approximate surface area is 267 Å². The van der Waals surface area contributed by atoms with E-state index >= 15 is 0 Å². The number of carbonyl (C=O) groups is 2. The van der Waals surface area contributed by atoms with Crippen molar-refractivity contribution in [2.45, 2.75) is 0 Å². The first-order valence-corrected chi connectivity index (χ1v) is 17.2. The standard InChI is InChI=1S/2C18H15P.C4H2O3/c2*1-4-10-16(11-5-1)19(17-12-6-2-7-13-17)18-14-8-3-9-15-18;5-3-1-2-4(6)7-3/h2*1-15H;1-2H. The first-order chi connectivity index (χ1) is 22.2. The fourth-order valence-electron chi connectivity index (χ4n) is 4.66. The number of hydrogen-bond acceptors (Lipinski definition) is 3. The maximum atomic E-state index is 9.92. The summed E-state index contributed by atoms with van der Waals surface area (Å²) in [5.41, 5.74) is 0. The van der Waals surface area contributed by atoms with E-state index in [9.17, 15) is 9.59 Å². The number of benzene rings is 6. The van der Waals surface area contributed by atoms with E-state index in [0.717, 1.165) is 12.2 Å². The Morgan fingerprint density at radius 2 is 0.467 bits per heavy atom. The molecule has 0 bridgehead atoms. The van der Waals surface area contributed by atoms with Crippen LogP contribution >= 0.6 is 15.8 Å². The van der Waals surface area contributed by atoms with Crippen molar-refractivity contribution in [2.75, 3.05) is 0 Å². The van der Waals surface area contributed by atoms with E-state index in [-0.39, 0.29) is 0 Å². The zero-order valence-electron chi connectivity index (χ0n) is 24.6. The largest absolute Gasteiger partial charge is 0.387 e. The molecule has 6 aromatic rings. The summed E-state index contributed by atoms with van der Waals surface area (Å²) in [5, 5.41) is 8.39. The van der Waals surface area contributed by atoms with Gasteiger partial charge in [0.2, 0.25) is 0 Å². The highest BCUT2D eigenvalue weighted by Gasteiger charge is 2.16. The van der Waals surface area contributed by atoms with Crippen molar-refractivity contribution in [3.8, 4) is 0 Å². The Kier molecular flexibility index (Phi) is 11.7. The molecule has 0 radical (unpaired) electrons. The van der Waals surface area contributed by atoms with Gasteiger partial charge in [0.05, 0.1) is 0 Å². The van der Waals surface area contributed by atoms with Crippen LogP contribution in [-0.4, -0.2) is 11.9 Å². The molecule has 0 amide bonds. The lowest BCUT2D eigenvalue weighted by Crippen LogP contribution is -2.20. The molecule has 1 aliphatic rings. The molecule has 0 N–H and O–H groups in total. The fourth-order valence-corrected chi connectivity index (χ4v) is 9.27. The van der Waals surface area contributed by atoms with Crippen molar-refractivity contribution in [1.82, 2.24) is 0 Å². The summed E-state index contributed by atoms with van der Waals surface area (Å²) in [7, 11) is -0.892.